The van der Waals surface area contributed by atoms with E-state index < -0.39 is 22.4 Å². The van der Waals surface area contributed by atoms with Crippen LogP contribution in [0.1, 0.15) is 18.3 Å². The summed E-state index contributed by atoms with van der Waals surface area (Å²) in [5.74, 6) is 0.331. The standard InChI is InChI=1S/C19H15ClF3N5O4S/c1-10(29)24-9-17-25-26-18(27(17)12-4-5-15(32-2)13(20)8-12)33-16-6-3-11(19(21,22)23)7-14(16)28(30)31/h3-8H,9H2,1-2H3,(H,24,29). The van der Waals surface area contributed by atoms with Gasteiger partial charge in [-0.15, -0.1) is 10.2 Å². The first-order valence-corrected chi connectivity index (χ1v) is 10.3. The van der Waals surface area contributed by atoms with Gasteiger partial charge in [-0.1, -0.05) is 11.6 Å². The third-order valence-electron chi connectivity index (χ3n) is 4.27. The summed E-state index contributed by atoms with van der Waals surface area (Å²) in [5, 5.41) is 22.4. The molecule has 3 aromatic rings. The number of amides is 1. The molecule has 0 atom stereocenters. The Morgan fingerprint density at radius 2 is 2.00 bits per heavy atom. The van der Waals surface area contributed by atoms with Crippen molar-refractivity contribution in [3.8, 4) is 11.4 Å². The van der Waals surface area contributed by atoms with Gasteiger partial charge in [-0.3, -0.25) is 19.5 Å². The minimum absolute atomic E-state index is 0.0261. The largest absolute Gasteiger partial charge is 0.495 e. The Kier molecular flexibility index (Phi) is 7.12. The van der Waals surface area contributed by atoms with Gasteiger partial charge in [0.1, 0.15) is 5.75 Å². The highest BCUT2D eigenvalue weighted by Crippen LogP contribution is 2.40. The lowest BCUT2D eigenvalue weighted by Gasteiger charge is -2.13. The Morgan fingerprint density at radius 3 is 2.58 bits per heavy atom. The van der Waals surface area contributed by atoms with Gasteiger partial charge >= 0.3 is 6.18 Å². The number of ether oxygens (including phenoxy) is 1. The summed E-state index contributed by atoms with van der Waals surface area (Å²) in [6.45, 7) is 1.29. The number of halogens is 4. The van der Waals surface area contributed by atoms with Crippen molar-refractivity contribution in [2.75, 3.05) is 7.11 Å². The Morgan fingerprint density at radius 1 is 1.27 bits per heavy atom. The maximum absolute atomic E-state index is 13.0. The van der Waals surface area contributed by atoms with Crippen LogP contribution >= 0.6 is 23.4 Å². The van der Waals surface area contributed by atoms with Crippen LogP contribution in [-0.2, 0) is 17.5 Å². The van der Waals surface area contributed by atoms with Gasteiger partial charge in [0, 0.05) is 13.0 Å². The van der Waals surface area contributed by atoms with E-state index in [1.165, 1.54) is 24.7 Å². The van der Waals surface area contributed by atoms with E-state index >= 15 is 0 Å². The van der Waals surface area contributed by atoms with Gasteiger partial charge in [-0.25, -0.2) is 0 Å². The zero-order valence-corrected chi connectivity index (χ0v) is 18.6. The van der Waals surface area contributed by atoms with E-state index in [4.69, 9.17) is 16.3 Å². The van der Waals surface area contributed by atoms with E-state index in [-0.39, 0.29) is 33.4 Å². The molecule has 0 saturated carbocycles. The first-order valence-electron chi connectivity index (χ1n) is 9.07. The highest BCUT2D eigenvalue weighted by Gasteiger charge is 2.33. The van der Waals surface area contributed by atoms with E-state index in [9.17, 15) is 28.1 Å². The first-order chi connectivity index (χ1) is 15.5. The summed E-state index contributed by atoms with van der Waals surface area (Å²) >= 11 is 6.96. The molecule has 0 aliphatic carbocycles. The third kappa shape index (κ3) is 5.54. The minimum Gasteiger partial charge on any atom is -0.495 e. The summed E-state index contributed by atoms with van der Waals surface area (Å²) in [7, 11) is 1.44. The first kappa shape index (κ1) is 24.3. The Balaban J connectivity index is 2.09. The van der Waals surface area contributed by atoms with Gasteiger partial charge in [-0.05, 0) is 42.1 Å². The van der Waals surface area contributed by atoms with Crippen molar-refractivity contribution in [1.29, 1.82) is 0 Å². The maximum atomic E-state index is 13.0. The minimum atomic E-state index is -4.74. The number of carbonyl (C=O) groups is 1. The second-order valence-corrected chi connectivity index (χ2v) is 7.92. The van der Waals surface area contributed by atoms with Gasteiger partial charge in [-0.2, -0.15) is 13.2 Å². The second-order valence-electron chi connectivity index (χ2n) is 6.50. The zero-order valence-electron chi connectivity index (χ0n) is 17.0. The van der Waals surface area contributed by atoms with Crippen LogP contribution in [0, 0.1) is 10.1 Å². The lowest BCUT2D eigenvalue weighted by Crippen LogP contribution is -2.21. The molecule has 0 radical (unpaired) electrons. The molecular weight excluding hydrogens is 487 g/mol. The summed E-state index contributed by atoms with van der Waals surface area (Å²) in [5.41, 5.74) is -1.43. The summed E-state index contributed by atoms with van der Waals surface area (Å²) < 4.78 is 45.7. The molecule has 33 heavy (non-hydrogen) atoms. The number of aromatic nitrogens is 3. The van der Waals surface area contributed by atoms with E-state index in [0.717, 1.165) is 23.9 Å². The van der Waals surface area contributed by atoms with Gasteiger partial charge in [0.05, 0.1) is 39.7 Å². The Labute approximate surface area is 194 Å². The van der Waals surface area contributed by atoms with Crippen LogP contribution in [0.2, 0.25) is 5.02 Å². The average Bonchev–Trinajstić information content (AvgIpc) is 3.13. The maximum Gasteiger partial charge on any atom is 0.416 e. The lowest BCUT2D eigenvalue weighted by molar-refractivity contribution is -0.388. The Hall–Kier alpha value is -3.32. The van der Waals surface area contributed by atoms with E-state index in [2.05, 4.69) is 15.5 Å². The highest BCUT2D eigenvalue weighted by molar-refractivity contribution is 7.99. The molecule has 0 fully saturated rings. The molecule has 14 heteroatoms. The third-order valence-corrected chi connectivity index (χ3v) is 5.58. The topological polar surface area (TPSA) is 112 Å². The van der Waals surface area contributed by atoms with Crippen molar-refractivity contribution < 1.29 is 27.6 Å². The molecule has 1 N–H and O–H groups in total. The molecule has 1 heterocycles. The number of methoxy groups -OCH3 is 1. The number of alkyl halides is 3. The number of nitrogens with one attached hydrogen (secondary N) is 1. The van der Waals surface area contributed by atoms with Crippen LogP contribution in [0.25, 0.3) is 5.69 Å². The predicted octanol–water partition coefficient (Wildman–Crippen LogP) is 4.64. The molecule has 0 spiro atoms. The molecule has 174 valence electrons. The normalized spacial score (nSPS) is 11.3. The molecule has 3 rings (SSSR count). The number of carbonyl (C=O) groups excluding carboxylic acids is 1. The number of benzene rings is 2. The lowest BCUT2D eigenvalue weighted by atomic mass is 10.2. The SMILES string of the molecule is COc1ccc(-n2c(CNC(C)=O)nnc2Sc2ccc(C(F)(F)F)cc2[N+](=O)[O-])cc1Cl. The van der Waals surface area contributed by atoms with Crippen molar-refractivity contribution in [2.24, 2.45) is 0 Å². The summed E-state index contributed by atoms with van der Waals surface area (Å²) in [4.78, 5) is 21.8. The van der Waals surface area contributed by atoms with Gasteiger partial charge < -0.3 is 10.1 Å². The van der Waals surface area contributed by atoms with Gasteiger partial charge in [0.15, 0.2) is 5.82 Å². The zero-order chi connectivity index (χ0) is 24.3. The molecule has 0 bridgehead atoms. The fourth-order valence-corrected chi connectivity index (χ4v) is 3.97. The van der Waals surface area contributed by atoms with Crippen LogP contribution in [0.5, 0.6) is 5.75 Å². The van der Waals surface area contributed by atoms with Gasteiger partial charge in [0.2, 0.25) is 11.1 Å². The molecule has 0 aliphatic heterocycles. The van der Waals surface area contributed by atoms with Crippen LogP contribution in [0.15, 0.2) is 46.5 Å². The van der Waals surface area contributed by atoms with Crippen LogP contribution < -0.4 is 10.1 Å². The smallest absolute Gasteiger partial charge is 0.416 e. The fraction of sp³-hybridized carbons (Fsp3) is 0.211. The average molecular weight is 502 g/mol. The monoisotopic (exact) mass is 501 g/mol. The van der Waals surface area contributed by atoms with Crippen LogP contribution in [0.3, 0.4) is 0 Å². The molecule has 1 amide bonds. The summed E-state index contributed by atoms with van der Waals surface area (Å²) in [6.07, 6.45) is -4.74. The molecule has 2 aromatic carbocycles. The molecule has 0 aliphatic rings. The van der Waals surface area contributed by atoms with E-state index in [0.29, 0.717) is 17.5 Å². The van der Waals surface area contributed by atoms with E-state index in [1.807, 2.05) is 0 Å². The number of hydrogen-bond donors (Lipinski definition) is 1. The number of hydrogen-bond acceptors (Lipinski definition) is 7. The second kappa shape index (κ2) is 9.67. The fourth-order valence-electron chi connectivity index (χ4n) is 2.76. The molecule has 9 nitrogen and oxygen atoms in total. The number of nitro benzene ring substituents is 1. The summed E-state index contributed by atoms with van der Waals surface area (Å²) in [6, 6.07) is 6.95. The van der Waals surface area contributed by atoms with Crippen LogP contribution in [0.4, 0.5) is 18.9 Å². The molecule has 0 unspecified atom stereocenters. The van der Waals surface area contributed by atoms with E-state index in [1.54, 1.807) is 12.1 Å². The quantitative estimate of drug-likeness (QED) is 0.370. The molecule has 0 saturated heterocycles. The molecule has 1 aromatic heterocycles. The van der Waals surface area contributed by atoms with Crippen molar-refractivity contribution in [1.82, 2.24) is 20.1 Å². The van der Waals surface area contributed by atoms with Crippen molar-refractivity contribution in [3.63, 3.8) is 0 Å². The van der Waals surface area contributed by atoms with Crippen molar-refractivity contribution in [3.05, 3.63) is 62.9 Å². The van der Waals surface area contributed by atoms with Crippen molar-refractivity contribution >= 4 is 35.0 Å². The van der Waals surface area contributed by atoms with Gasteiger partial charge in [0.25, 0.3) is 5.69 Å². The molecular formula is C19H15ClF3N5O4S. The number of rotatable bonds is 7. The number of nitrogens with zero attached hydrogens (tertiary/aromatic N) is 4. The predicted molar refractivity (Wildman–Crippen MR) is 113 cm³/mol. The Bertz CT molecular complexity index is 1220. The highest BCUT2D eigenvalue weighted by atomic mass is 35.5. The van der Waals surface area contributed by atoms with Crippen LogP contribution in [-0.4, -0.2) is 32.7 Å². The van der Waals surface area contributed by atoms with Crippen molar-refractivity contribution in [2.45, 2.75) is 29.7 Å². The number of nitro groups is 1.